The van der Waals surface area contributed by atoms with Crippen molar-refractivity contribution < 1.29 is 4.79 Å². The van der Waals surface area contributed by atoms with Crippen molar-refractivity contribution in [2.45, 2.75) is 25.8 Å². The van der Waals surface area contributed by atoms with Crippen LogP contribution in [0.4, 0.5) is 0 Å². The van der Waals surface area contributed by atoms with E-state index < -0.39 is 5.54 Å². The average Bonchev–Trinajstić information content (AvgIpc) is 3.09. The van der Waals surface area contributed by atoms with Gasteiger partial charge in [0.1, 0.15) is 0 Å². The summed E-state index contributed by atoms with van der Waals surface area (Å²) in [6.07, 6.45) is 0.279. The lowest BCUT2D eigenvalue weighted by Gasteiger charge is -2.34. The van der Waals surface area contributed by atoms with E-state index in [0.717, 1.165) is 27.6 Å². The second-order valence-corrected chi connectivity index (χ2v) is 8.54. The number of nitrogens with two attached hydrogens (primary N) is 1. The molecule has 4 nitrogen and oxygen atoms in total. The lowest BCUT2D eigenvalue weighted by molar-refractivity contribution is -0.128. The van der Waals surface area contributed by atoms with Crippen molar-refractivity contribution in [3.63, 3.8) is 0 Å². The Labute approximate surface area is 167 Å². The molecular weight excluding hydrogens is 378 g/mol. The van der Waals surface area contributed by atoms with Crippen LogP contribution in [0.5, 0.6) is 0 Å². The fourth-order valence-electron chi connectivity index (χ4n) is 3.51. The minimum Gasteiger partial charge on any atom is -0.369 e. The lowest BCUT2D eigenvalue weighted by Crippen LogP contribution is -2.47. The third-order valence-electron chi connectivity index (χ3n) is 5.16. The molecule has 0 saturated heterocycles. The van der Waals surface area contributed by atoms with Gasteiger partial charge in [-0.25, -0.2) is 4.99 Å². The molecule has 1 aromatic heterocycles. The van der Waals surface area contributed by atoms with Crippen LogP contribution < -0.4 is 5.73 Å². The van der Waals surface area contributed by atoms with Gasteiger partial charge < -0.3 is 5.73 Å². The van der Waals surface area contributed by atoms with Crippen molar-refractivity contribution >= 4 is 44.9 Å². The highest BCUT2D eigenvalue weighted by Gasteiger charge is 2.36. The second-order valence-electron chi connectivity index (χ2n) is 7.22. The highest BCUT2D eigenvalue weighted by Crippen LogP contribution is 2.42. The molecule has 6 heteroatoms. The number of hydrogen-bond acceptors (Lipinski definition) is 4. The summed E-state index contributed by atoms with van der Waals surface area (Å²) in [7, 11) is 1.65. The number of aliphatic imine (C=N–C) groups is 1. The van der Waals surface area contributed by atoms with Gasteiger partial charge in [-0.15, -0.1) is 11.3 Å². The largest absolute Gasteiger partial charge is 0.369 e. The maximum Gasteiger partial charge on any atom is 0.231 e. The molecule has 1 atom stereocenters. The first-order valence-electron chi connectivity index (χ1n) is 8.69. The third kappa shape index (κ3) is 3.01. The highest BCUT2D eigenvalue weighted by molar-refractivity contribution is 7.17. The Morgan fingerprint density at radius 1 is 1.22 bits per heavy atom. The van der Waals surface area contributed by atoms with Gasteiger partial charge in [0.05, 0.1) is 12.0 Å². The molecular formula is C21H20ClN3OS. The van der Waals surface area contributed by atoms with Crippen molar-refractivity contribution in [2.24, 2.45) is 10.7 Å². The van der Waals surface area contributed by atoms with Gasteiger partial charge in [-0.3, -0.25) is 9.69 Å². The van der Waals surface area contributed by atoms with Gasteiger partial charge in [-0.05, 0) is 60.5 Å². The highest BCUT2D eigenvalue weighted by atomic mass is 35.5. The van der Waals surface area contributed by atoms with Gasteiger partial charge in [0.25, 0.3) is 0 Å². The number of nitrogens with zero attached hydrogens (tertiary/aromatic N) is 2. The minimum atomic E-state index is -0.700. The molecule has 0 unspecified atom stereocenters. The second kappa shape index (κ2) is 6.36. The normalized spacial score (nSPS) is 20.2. The predicted molar refractivity (Wildman–Crippen MR) is 113 cm³/mol. The standard InChI is InChI=1S/C21H20ClN3OS/c1-12-4-5-17(22)15(8-12)16-10-14(9-13-6-7-27-19(13)16)21(2)11-18(26)25(3)20(23)24-21/h4-10H,11H2,1-3H3,(H2,23,24)/t21-/m0/s1. The fourth-order valence-corrected chi connectivity index (χ4v) is 4.64. The first-order valence-corrected chi connectivity index (χ1v) is 9.94. The number of carbonyl (C=O) groups is 1. The van der Waals surface area contributed by atoms with Crippen LogP contribution in [-0.4, -0.2) is 23.8 Å². The molecule has 2 heterocycles. The number of benzene rings is 2. The Hall–Kier alpha value is -2.37. The summed E-state index contributed by atoms with van der Waals surface area (Å²) < 4.78 is 1.17. The summed E-state index contributed by atoms with van der Waals surface area (Å²) in [5, 5.41) is 3.90. The van der Waals surface area contributed by atoms with Crippen molar-refractivity contribution in [3.05, 3.63) is 57.9 Å². The van der Waals surface area contributed by atoms with Crippen LogP contribution in [0.1, 0.15) is 24.5 Å². The molecule has 0 fully saturated rings. The molecule has 27 heavy (non-hydrogen) atoms. The Morgan fingerprint density at radius 2 is 2.00 bits per heavy atom. The van der Waals surface area contributed by atoms with E-state index in [4.69, 9.17) is 17.3 Å². The number of guanidine groups is 1. The lowest BCUT2D eigenvalue weighted by atomic mass is 9.85. The number of fused-ring (bicyclic) bond motifs is 1. The van der Waals surface area contributed by atoms with E-state index in [1.54, 1.807) is 18.4 Å². The Kier molecular flexibility index (Phi) is 4.24. The molecule has 4 rings (SSSR count). The molecule has 1 aliphatic heterocycles. The van der Waals surface area contributed by atoms with Crippen LogP contribution in [-0.2, 0) is 10.3 Å². The Morgan fingerprint density at radius 3 is 2.74 bits per heavy atom. The van der Waals surface area contributed by atoms with E-state index in [9.17, 15) is 4.79 Å². The van der Waals surface area contributed by atoms with E-state index in [1.807, 2.05) is 19.1 Å². The van der Waals surface area contributed by atoms with E-state index in [0.29, 0.717) is 5.02 Å². The van der Waals surface area contributed by atoms with Crippen LogP contribution in [0, 0.1) is 6.92 Å². The minimum absolute atomic E-state index is 0.0365. The molecule has 2 N–H and O–H groups in total. The average molecular weight is 398 g/mol. The monoisotopic (exact) mass is 397 g/mol. The summed E-state index contributed by atoms with van der Waals surface area (Å²) in [6, 6.07) is 12.3. The smallest absolute Gasteiger partial charge is 0.231 e. The van der Waals surface area contributed by atoms with Crippen LogP contribution in [0.25, 0.3) is 21.2 Å². The number of rotatable bonds is 2. The molecule has 0 spiro atoms. The summed E-state index contributed by atoms with van der Waals surface area (Å²) in [4.78, 5) is 18.5. The fraction of sp³-hybridized carbons (Fsp3) is 0.238. The topological polar surface area (TPSA) is 58.7 Å². The Bertz CT molecular complexity index is 1100. The van der Waals surface area contributed by atoms with Crippen LogP contribution in [0.2, 0.25) is 5.02 Å². The molecule has 0 aliphatic carbocycles. The van der Waals surface area contributed by atoms with Crippen molar-refractivity contribution in [3.8, 4) is 11.1 Å². The summed E-state index contributed by atoms with van der Waals surface area (Å²) in [5.74, 6) is 0.208. The first-order chi connectivity index (χ1) is 12.8. The molecule has 0 radical (unpaired) electrons. The number of carbonyl (C=O) groups excluding carboxylic acids is 1. The van der Waals surface area contributed by atoms with Gasteiger partial charge in [-0.1, -0.05) is 23.2 Å². The van der Waals surface area contributed by atoms with E-state index in [1.165, 1.54) is 9.60 Å². The molecule has 2 aromatic carbocycles. The number of thiophene rings is 1. The van der Waals surface area contributed by atoms with Gasteiger partial charge in [0.15, 0.2) is 5.96 Å². The van der Waals surface area contributed by atoms with Crippen LogP contribution in [0.15, 0.2) is 46.8 Å². The molecule has 0 saturated carbocycles. The quantitative estimate of drug-likeness (QED) is 0.667. The molecule has 0 bridgehead atoms. The number of aryl methyl sites for hydroxylation is 1. The molecule has 138 valence electrons. The Balaban J connectivity index is 1.97. The number of hydrogen-bond donors (Lipinski definition) is 1. The number of amides is 1. The zero-order chi connectivity index (χ0) is 19.3. The van der Waals surface area contributed by atoms with Crippen molar-refractivity contribution in [2.75, 3.05) is 7.05 Å². The first kappa shape index (κ1) is 18.0. The number of halogens is 1. The summed E-state index contributed by atoms with van der Waals surface area (Å²) in [5.41, 5.74) is 9.47. The van der Waals surface area contributed by atoms with Gasteiger partial charge >= 0.3 is 0 Å². The van der Waals surface area contributed by atoms with E-state index in [2.05, 4.69) is 41.6 Å². The van der Waals surface area contributed by atoms with Gasteiger partial charge in [0, 0.05) is 27.9 Å². The SMILES string of the molecule is Cc1ccc(Cl)c(-c2cc([C@]3(C)CC(=O)N(C)C(N)=N3)cc3ccsc23)c1. The molecule has 1 amide bonds. The maximum atomic E-state index is 12.4. The summed E-state index contributed by atoms with van der Waals surface area (Å²) >= 11 is 8.22. The van der Waals surface area contributed by atoms with Gasteiger partial charge in [-0.2, -0.15) is 0 Å². The van der Waals surface area contributed by atoms with Crippen molar-refractivity contribution in [1.29, 1.82) is 0 Å². The van der Waals surface area contributed by atoms with Gasteiger partial charge in [0.2, 0.25) is 5.91 Å². The maximum absolute atomic E-state index is 12.4. The zero-order valence-electron chi connectivity index (χ0n) is 15.4. The van der Waals surface area contributed by atoms with Crippen LogP contribution in [0.3, 0.4) is 0 Å². The van der Waals surface area contributed by atoms with E-state index >= 15 is 0 Å². The molecule has 1 aliphatic rings. The zero-order valence-corrected chi connectivity index (χ0v) is 17.0. The molecule has 3 aromatic rings. The summed E-state index contributed by atoms with van der Waals surface area (Å²) in [6.45, 7) is 4.01. The third-order valence-corrected chi connectivity index (χ3v) is 6.45. The van der Waals surface area contributed by atoms with Crippen LogP contribution >= 0.6 is 22.9 Å². The van der Waals surface area contributed by atoms with Crippen molar-refractivity contribution in [1.82, 2.24) is 4.90 Å². The van der Waals surface area contributed by atoms with E-state index in [-0.39, 0.29) is 18.3 Å². The predicted octanol–water partition coefficient (Wildman–Crippen LogP) is 4.92.